The van der Waals surface area contributed by atoms with E-state index in [1.54, 1.807) is 0 Å². The molecule has 0 unspecified atom stereocenters. The summed E-state index contributed by atoms with van der Waals surface area (Å²) in [6.07, 6.45) is 0.913. The fourth-order valence-corrected chi connectivity index (χ4v) is 2.99. The maximum Gasteiger partial charge on any atom is 0.416 e. The predicted molar refractivity (Wildman–Crippen MR) is 69.8 cm³/mol. The molecule has 0 bridgehead atoms. The van der Waals surface area contributed by atoms with Crippen LogP contribution in [0.4, 0.5) is 13.2 Å². The van der Waals surface area contributed by atoms with Crippen molar-refractivity contribution in [3.05, 3.63) is 35.4 Å². The van der Waals surface area contributed by atoms with Gasteiger partial charge < -0.3 is 5.73 Å². The van der Waals surface area contributed by atoms with E-state index in [2.05, 4.69) is 0 Å². The molecule has 0 aliphatic heterocycles. The van der Waals surface area contributed by atoms with Crippen LogP contribution in [0.5, 0.6) is 0 Å². The van der Waals surface area contributed by atoms with Crippen LogP contribution >= 0.6 is 0 Å². The van der Waals surface area contributed by atoms with E-state index in [0.717, 1.165) is 43.7 Å². The number of alkyl halides is 3. The molecule has 0 heterocycles. The average Bonchev–Trinajstić information content (AvgIpc) is 2.39. The van der Waals surface area contributed by atoms with Crippen LogP contribution in [0.15, 0.2) is 24.3 Å². The van der Waals surface area contributed by atoms with Crippen LogP contribution in [0.1, 0.15) is 49.1 Å². The van der Waals surface area contributed by atoms with Crippen LogP contribution in [-0.4, -0.2) is 6.54 Å². The first kappa shape index (κ1) is 14.4. The summed E-state index contributed by atoms with van der Waals surface area (Å²) in [6, 6.07) is 5.80. The standard InChI is InChI=1S/C15H20F3N/c16-15(17,18)14-3-1-2-13(10-14)12-6-4-11(5-7-12)8-9-19/h1-3,10-12H,4-9,19H2. The third kappa shape index (κ3) is 3.72. The highest BCUT2D eigenvalue weighted by molar-refractivity contribution is 5.28. The molecule has 1 nitrogen and oxygen atoms in total. The van der Waals surface area contributed by atoms with Crippen LogP contribution in [0.3, 0.4) is 0 Å². The van der Waals surface area contributed by atoms with E-state index in [1.807, 2.05) is 6.07 Å². The van der Waals surface area contributed by atoms with E-state index < -0.39 is 11.7 Å². The van der Waals surface area contributed by atoms with Gasteiger partial charge in [-0.25, -0.2) is 0 Å². The lowest BCUT2D eigenvalue weighted by Crippen LogP contribution is -2.17. The summed E-state index contributed by atoms with van der Waals surface area (Å²) in [5.41, 5.74) is 5.85. The zero-order valence-corrected chi connectivity index (χ0v) is 10.9. The second-order valence-corrected chi connectivity index (χ2v) is 5.42. The molecule has 1 aromatic carbocycles. The highest BCUT2D eigenvalue weighted by Gasteiger charge is 2.31. The van der Waals surface area contributed by atoms with Crippen LogP contribution in [-0.2, 0) is 6.18 Å². The van der Waals surface area contributed by atoms with Crippen molar-refractivity contribution in [1.29, 1.82) is 0 Å². The molecule has 0 aromatic heterocycles. The van der Waals surface area contributed by atoms with Crippen LogP contribution in [0.25, 0.3) is 0 Å². The van der Waals surface area contributed by atoms with E-state index in [9.17, 15) is 13.2 Å². The fourth-order valence-electron chi connectivity index (χ4n) is 2.99. The Morgan fingerprint density at radius 3 is 2.37 bits per heavy atom. The van der Waals surface area contributed by atoms with Crippen molar-refractivity contribution >= 4 is 0 Å². The molecule has 1 aliphatic carbocycles. The summed E-state index contributed by atoms with van der Waals surface area (Å²) in [7, 11) is 0. The van der Waals surface area contributed by atoms with Crippen molar-refractivity contribution in [1.82, 2.24) is 0 Å². The van der Waals surface area contributed by atoms with E-state index in [1.165, 1.54) is 12.1 Å². The first-order valence-corrected chi connectivity index (χ1v) is 6.88. The van der Waals surface area contributed by atoms with Crippen molar-refractivity contribution in [3.63, 3.8) is 0 Å². The number of hydrogen-bond acceptors (Lipinski definition) is 1. The molecule has 1 aliphatic rings. The first-order chi connectivity index (χ1) is 9.00. The largest absolute Gasteiger partial charge is 0.416 e. The Kier molecular flexibility index (Phi) is 4.50. The highest BCUT2D eigenvalue weighted by Crippen LogP contribution is 2.38. The fraction of sp³-hybridized carbons (Fsp3) is 0.600. The molecular weight excluding hydrogens is 251 g/mol. The molecule has 4 heteroatoms. The summed E-state index contributed by atoms with van der Waals surface area (Å²) in [6.45, 7) is 0.707. The van der Waals surface area contributed by atoms with Crippen molar-refractivity contribution in [2.24, 2.45) is 11.7 Å². The van der Waals surface area contributed by atoms with Crippen LogP contribution in [0.2, 0.25) is 0 Å². The topological polar surface area (TPSA) is 26.0 Å². The van der Waals surface area contributed by atoms with Gasteiger partial charge >= 0.3 is 6.18 Å². The summed E-state index contributed by atoms with van der Waals surface area (Å²) in [4.78, 5) is 0. The van der Waals surface area contributed by atoms with Gasteiger partial charge in [-0.05, 0) is 62.1 Å². The lowest BCUT2D eigenvalue weighted by molar-refractivity contribution is -0.137. The van der Waals surface area contributed by atoms with Gasteiger partial charge in [-0.3, -0.25) is 0 Å². The first-order valence-electron chi connectivity index (χ1n) is 6.88. The molecule has 0 saturated heterocycles. The molecule has 0 radical (unpaired) electrons. The molecule has 0 atom stereocenters. The molecule has 1 saturated carbocycles. The molecule has 0 spiro atoms. The van der Waals surface area contributed by atoms with Gasteiger partial charge in [-0.2, -0.15) is 13.2 Å². The van der Waals surface area contributed by atoms with Crippen molar-refractivity contribution in [2.45, 2.75) is 44.2 Å². The van der Waals surface area contributed by atoms with Gasteiger partial charge in [0.1, 0.15) is 0 Å². The van der Waals surface area contributed by atoms with Crippen LogP contribution in [0, 0.1) is 5.92 Å². The van der Waals surface area contributed by atoms with Gasteiger partial charge in [0.15, 0.2) is 0 Å². The van der Waals surface area contributed by atoms with E-state index in [-0.39, 0.29) is 5.92 Å². The zero-order chi connectivity index (χ0) is 13.9. The molecule has 2 rings (SSSR count). The summed E-state index contributed by atoms with van der Waals surface area (Å²) < 4.78 is 38.1. The van der Waals surface area contributed by atoms with Crippen molar-refractivity contribution in [3.8, 4) is 0 Å². The Labute approximate surface area is 112 Å². The third-order valence-corrected chi connectivity index (χ3v) is 4.11. The maximum absolute atomic E-state index is 12.7. The normalized spacial score (nSPS) is 24.4. The molecule has 1 aromatic rings. The van der Waals surface area contributed by atoms with E-state index in [4.69, 9.17) is 5.73 Å². The third-order valence-electron chi connectivity index (χ3n) is 4.11. The van der Waals surface area contributed by atoms with Crippen LogP contribution < -0.4 is 5.73 Å². The molecule has 1 fully saturated rings. The summed E-state index contributed by atoms with van der Waals surface area (Å²) in [5, 5.41) is 0. The molecule has 19 heavy (non-hydrogen) atoms. The minimum atomic E-state index is -4.24. The number of rotatable bonds is 3. The van der Waals surface area contributed by atoms with E-state index in [0.29, 0.717) is 12.5 Å². The molecule has 0 amide bonds. The van der Waals surface area contributed by atoms with Gasteiger partial charge in [0.25, 0.3) is 0 Å². The summed E-state index contributed by atoms with van der Waals surface area (Å²) in [5.74, 6) is 0.934. The molecule has 2 N–H and O–H groups in total. The Hall–Kier alpha value is -1.03. The Balaban J connectivity index is 2.03. The van der Waals surface area contributed by atoms with Gasteiger partial charge in [0.05, 0.1) is 5.56 Å². The lowest BCUT2D eigenvalue weighted by atomic mass is 9.77. The number of hydrogen-bond donors (Lipinski definition) is 1. The van der Waals surface area contributed by atoms with Crippen molar-refractivity contribution < 1.29 is 13.2 Å². The van der Waals surface area contributed by atoms with Crippen molar-refractivity contribution in [2.75, 3.05) is 6.54 Å². The van der Waals surface area contributed by atoms with Gasteiger partial charge in [-0.15, -0.1) is 0 Å². The second kappa shape index (κ2) is 5.95. The number of benzene rings is 1. The SMILES string of the molecule is NCCC1CCC(c2cccc(C(F)(F)F)c2)CC1. The minimum absolute atomic E-state index is 0.274. The van der Waals surface area contributed by atoms with Gasteiger partial charge in [-0.1, -0.05) is 18.2 Å². The van der Waals surface area contributed by atoms with Gasteiger partial charge in [0.2, 0.25) is 0 Å². The predicted octanol–water partition coefficient (Wildman–Crippen LogP) is 4.33. The number of nitrogens with two attached hydrogens (primary N) is 1. The average molecular weight is 271 g/mol. The quantitative estimate of drug-likeness (QED) is 0.870. The molecular formula is C15H20F3N. The minimum Gasteiger partial charge on any atom is -0.330 e. The maximum atomic E-state index is 12.7. The lowest BCUT2D eigenvalue weighted by Gasteiger charge is -2.28. The monoisotopic (exact) mass is 271 g/mol. The highest BCUT2D eigenvalue weighted by atomic mass is 19.4. The van der Waals surface area contributed by atoms with E-state index >= 15 is 0 Å². The van der Waals surface area contributed by atoms with Gasteiger partial charge in [0, 0.05) is 0 Å². The second-order valence-electron chi connectivity index (χ2n) is 5.42. The summed E-state index contributed by atoms with van der Waals surface area (Å²) >= 11 is 0. The molecule has 106 valence electrons. The number of halogens is 3. The Bertz CT molecular complexity index is 406. The smallest absolute Gasteiger partial charge is 0.330 e. The Morgan fingerprint density at radius 2 is 1.79 bits per heavy atom. The Morgan fingerprint density at radius 1 is 1.11 bits per heavy atom. The zero-order valence-electron chi connectivity index (χ0n) is 10.9.